The van der Waals surface area contributed by atoms with E-state index in [1.54, 1.807) is 18.9 Å². The lowest BCUT2D eigenvalue weighted by molar-refractivity contribution is 0.0702. The molecule has 0 aromatic carbocycles. The van der Waals surface area contributed by atoms with E-state index in [9.17, 15) is 13.2 Å². The Bertz CT molecular complexity index is 656. The third-order valence-corrected chi connectivity index (χ3v) is 4.65. The third kappa shape index (κ3) is 3.75. The van der Waals surface area contributed by atoms with Crippen LogP contribution in [0.25, 0.3) is 0 Å². The summed E-state index contributed by atoms with van der Waals surface area (Å²) in [5.74, 6) is -0.203. The number of aryl methyl sites for hydroxylation is 2. The first kappa shape index (κ1) is 16.3. The summed E-state index contributed by atoms with van der Waals surface area (Å²) in [6, 6.07) is -0.256. The lowest BCUT2D eigenvalue weighted by Crippen LogP contribution is -2.49. The molecular weight excluding hydrogens is 316 g/mol. The number of carbonyl (C=O) groups excluding carboxylic acids is 1. The van der Waals surface area contributed by atoms with E-state index >= 15 is 0 Å². The van der Waals surface area contributed by atoms with Crippen LogP contribution in [0.5, 0.6) is 0 Å². The quantitative estimate of drug-likeness (QED) is 0.874. The Kier molecular flexibility index (Phi) is 4.60. The van der Waals surface area contributed by atoms with Crippen molar-refractivity contribution in [2.24, 2.45) is 7.05 Å². The molecule has 118 valence electrons. The molecule has 0 spiro atoms. The number of hydrogen-bond donors (Lipinski definition) is 1. The second-order valence-electron chi connectivity index (χ2n) is 5.36. The first-order chi connectivity index (χ1) is 9.69. The van der Waals surface area contributed by atoms with Crippen LogP contribution >= 0.6 is 11.6 Å². The molecule has 1 aliphatic heterocycles. The average molecular weight is 335 g/mol. The van der Waals surface area contributed by atoms with E-state index in [0.717, 1.165) is 19.1 Å². The molecular formula is C12H19ClN4O3S. The van der Waals surface area contributed by atoms with Gasteiger partial charge in [-0.05, 0) is 19.8 Å². The predicted molar refractivity (Wildman–Crippen MR) is 79.9 cm³/mol. The highest BCUT2D eigenvalue weighted by Gasteiger charge is 2.29. The number of likely N-dealkylation sites (tertiary alicyclic amines) is 1. The number of piperidine rings is 1. The molecule has 21 heavy (non-hydrogen) atoms. The van der Waals surface area contributed by atoms with Crippen LogP contribution in [0, 0.1) is 6.92 Å². The van der Waals surface area contributed by atoms with Crippen molar-refractivity contribution in [2.45, 2.75) is 25.8 Å². The summed E-state index contributed by atoms with van der Waals surface area (Å²) in [5, 5.41) is 4.43. The predicted octanol–water partition coefficient (Wildman–Crippen LogP) is 0.536. The maximum atomic E-state index is 12.6. The third-order valence-electron chi connectivity index (χ3n) is 3.46. The van der Waals surface area contributed by atoms with E-state index in [2.05, 4.69) is 9.82 Å². The molecule has 1 aliphatic rings. The number of carbonyl (C=O) groups is 1. The summed E-state index contributed by atoms with van der Waals surface area (Å²) in [6.45, 7) is 2.66. The summed E-state index contributed by atoms with van der Waals surface area (Å²) in [5.41, 5.74) is 0.963. The Labute approximate surface area is 129 Å². The molecule has 2 heterocycles. The summed E-state index contributed by atoms with van der Waals surface area (Å²) in [4.78, 5) is 14.2. The van der Waals surface area contributed by atoms with E-state index in [0.29, 0.717) is 29.5 Å². The molecule has 1 aromatic rings. The number of sulfonamides is 1. The van der Waals surface area contributed by atoms with Crippen LogP contribution in [0.3, 0.4) is 0 Å². The van der Waals surface area contributed by atoms with E-state index < -0.39 is 10.0 Å². The Morgan fingerprint density at radius 3 is 2.67 bits per heavy atom. The topological polar surface area (TPSA) is 84.3 Å². The normalized spacial score (nSPS) is 19.8. The van der Waals surface area contributed by atoms with Crippen molar-refractivity contribution in [3.05, 3.63) is 16.4 Å². The van der Waals surface area contributed by atoms with E-state index in [-0.39, 0.29) is 11.9 Å². The van der Waals surface area contributed by atoms with Crippen molar-refractivity contribution in [1.82, 2.24) is 19.4 Å². The first-order valence-electron chi connectivity index (χ1n) is 6.64. The molecule has 1 unspecified atom stereocenters. The number of halogens is 1. The highest BCUT2D eigenvalue weighted by Crippen LogP contribution is 2.22. The van der Waals surface area contributed by atoms with Crippen LogP contribution in [0.15, 0.2) is 0 Å². The van der Waals surface area contributed by atoms with Crippen molar-refractivity contribution < 1.29 is 13.2 Å². The smallest absolute Gasteiger partial charge is 0.258 e. The van der Waals surface area contributed by atoms with Gasteiger partial charge in [0.2, 0.25) is 10.0 Å². The minimum Gasteiger partial charge on any atom is -0.337 e. The number of rotatable bonds is 3. The van der Waals surface area contributed by atoms with Crippen LogP contribution in [0.2, 0.25) is 5.15 Å². The number of nitrogens with one attached hydrogen (secondary N) is 1. The van der Waals surface area contributed by atoms with Crippen molar-refractivity contribution in [2.75, 3.05) is 19.3 Å². The van der Waals surface area contributed by atoms with Gasteiger partial charge in [-0.3, -0.25) is 9.48 Å². The molecule has 1 fully saturated rings. The van der Waals surface area contributed by atoms with Gasteiger partial charge in [0.05, 0.1) is 17.5 Å². The first-order valence-corrected chi connectivity index (χ1v) is 8.91. The molecule has 1 N–H and O–H groups in total. The van der Waals surface area contributed by atoms with Gasteiger partial charge in [0.25, 0.3) is 5.91 Å². The monoisotopic (exact) mass is 334 g/mol. The summed E-state index contributed by atoms with van der Waals surface area (Å²) in [7, 11) is -1.60. The Balaban J connectivity index is 2.16. The van der Waals surface area contributed by atoms with Gasteiger partial charge in [-0.1, -0.05) is 11.6 Å². The molecule has 2 rings (SSSR count). The lowest BCUT2D eigenvalue weighted by atomic mass is 10.1. The summed E-state index contributed by atoms with van der Waals surface area (Å²) in [6.07, 6.45) is 2.59. The maximum Gasteiger partial charge on any atom is 0.258 e. The van der Waals surface area contributed by atoms with E-state index in [1.807, 2.05) is 0 Å². The second-order valence-corrected chi connectivity index (χ2v) is 7.49. The van der Waals surface area contributed by atoms with E-state index in [4.69, 9.17) is 11.6 Å². The molecule has 0 aliphatic carbocycles. The summed E-state index contributed by atoms with van der Waals surface area (Å²) >= 11 is 6.11. The van der Waals surface area contributed by atoms with Gasteiger partial charge >= 0.3 is 0 Å². The molecule has 0 bridgehead atoms. The minimum atomic E-state index is -3.28. The lowest BCUT2D eigenvalue weighted by Gasteiger charge is -2.32. The zero-order valence-electron chi connectivity index (χ0n) is 12.3. The fraction of sp³-hybridized carbons (Fsp3) is 0.667. The fourth-order valence-corrected chi connectivity index (χ4v) is 3.64. The Hall–Kier alpha value is -1.12. The molecule has 1 saturated heterocycles. The molecule has 0 radical (unpaired) electrons. The van der Waals surface area contributed by atoms with Gasteiger partial charge in [-0.15, -0.1) is 0 Å². The molecule has 9 heteroatoms. The van der Waals surface area contributed by atoms with Crippen LogP contribution in [-0.4, -0.2) is 54.4 Å². The Morgan fingerprint density at radius 1 is 1.48 bits per heavy atom. The number of amides is 1. The van der Waals surface area contributed by atoms with Gasteiger partial charge < -0.3 is 4.90 Å². The highest BCUT2D eigenvalue weighted by molar-refractivity contribution is 7.88. The zero-order valence-corrected chi connectivity index (χ0v) is 13.8. The average Bonchev–Trinajstić information content (AvgIpc) is 2.61. The zero-order chi connectivity index (χ0) is 15.8. The van der Waals surface area contributed by atoms with Crippen LogP contribution in [-0.2, 0) is 17.1 Å². The van der Waals surface area contributed by atoms with Gasteiger partial charge in [0.1, 0.15) is 5.15 Å². The fourth-order valence-electron chi connectivity index (χ4n) is 2.59. The van der Waals surface area contributed by atoms with Gasteiger partial charge in [0.15, 0.2) is 0 Å². The van der Waals surface area contributed by atoms with Crippen molar-refractivity contribution in [1.29, 1.82) is 0 Å². The van der Waals surface area contributed by atoms with Crippen molar-refractivity contribution >= 4 is 27.5 Å². The standard InChI is InChI=1S/C12H19ClN4O3S/c1-8-10(11(13)16(2)14-8)12(18)17-6-4-5-9(7-17)15-21(3,19)20/h9,15H,4-7H2,1-3H3. The molecule has 0 saturated carbocycles. The molecule has 1 amide bonds. The number of nitrogens with zero attached hydrogens (tertiary/aromatic N) is 3. The van der Waals surface area contributed by atoms with Crippen LogP contribution in [0.1, 0.15) is 28.9 Å². The largest absolute Gasteiger partial charge is 0.337 e. The highest BCUT2D eigenvalue weighted by atomic mass is 35.5. The molecule has 7 nitrogen and oxygen atoms in total. The van der Waals surface area contributed by atoms with Crippen LogP contribution < -0.4 is 4.72 Å². The summed E-state index contributed by atoms with van der Waals surface area (Å²) < 4.78 is 26.6. The van der Waals surface area contributed by atoms with Crippen LogP contribution in [0.4, 0.5) is 0 Å². The molecule has 1 atom stereocenters. The van der Waals surface area contributed by atoms with E-state index in [1.165, 1.54) is 4.68 Å². The van der Waals surface area contributed by atoms with Gasteiger partial charge in [-0.2, -0.15) is 5.10 Å². The number of hydrogen-bond acceptors (Lipinski definition) is 4. The van der Waals surface area contributed by atoms with Gasteiger partial charge in [0, 0.05) is 26.2 Å². The second kappa shape index (κ2) is 5.94. The van der Waals surface area contributed by atoms with Gasteiger partial charge in [-0.25, -0.2) is 13.1 Å². The van der Waals surface area contributed by atoms with Crippen molar-refractivity contribution in [3.63, 3.8) is 0 Å². The molecule has 1 aromatic heterocycles. The van der Waals surface area contributed by atoms with Crippen molar-refractivity contribution in [3.8, 4) is 0 Å². The maximum absolute atomic E-state index is 12.6. The SMILES string of the molecule is Cc1nn(C)c(Cl)c1C(=O)N1CCCC(NS(C)(=O)=O)C1. The Morgan fingerprint density at radius 2 is 2.14 bits per heavy atom. The minimum absolute atomic E-state index is 0.203. The number of aromatic nitrogens is 2.